The van der Waals surface area contributed by atoms with Crippen LogP contribution in [0.4, 0.5) is 5.69 Å². The lowest BCUT2D eigenvalue weighted by Gasteiger charge is -2.09. The predicted octanol–water partition coefficient (Wildman–Crippen LogP) is 3.09. The van der Waals surface area contributed by atoms with Crippen molar-refractivity contribution < 1.29 is 14.3 Å². The number of amides is 1. The summed E-state index contributed by atoms with van der Waals surface area (Å²) in [6.07, 6.45) is 0. The number of anilines is 1. The minimum Gasteiger partial charge on any atom is -0.479 e. The molecular weight excluding hydrogens is 306 g/mol. The number of Topliss-reactive ketones (excluding diaryl/α,β-unsaturated/α-hetero) is 1. The fraction of sp³-hybridized carbons (Fsp3) is 0.111. The summed E-state index contributed by atoms with van der Waals surface area (Å²) in [6, 6.07) is 13.9. The number of methoxy groups -OCH3 is 1. The summed E-state index contributed by atoms with van der Waals surface area (Å²) >= 11 is 0. The molecule has 1 N–H and O–H groups in total. The average molecular weight is 321 g/mol. The summed E-state index contributed by atoms with van der Waals surface area (Å²) in [5.74, 6) is -0.304. The van der Waals surface area contributed by atoms with Gasteiger partial charge in [-0.3, -0.25) is 9.59 Å². The van der Waals surface area contributed by atoms with Crippen LogP contribution in [0.5, 0.6) is 5.88 Å². The first-order valence-corrected chi connectivity index (χ1v) is 7.31. The molecule has 0 fully saturated rings. The van der Waals surface area contributed by atoms with Gasteiger partial charge in [0.25, 0.3) is 5.91 Å². The Morgan fingerprint density at radius 2 is 1.58 bits per heavy atom. The molecule has 1 aromatic heterocycles. The fourth-order valence-corrected chi connectivity index (χ4v) is 2.25. The van der Waals surface area contributed by atoms with Gasteiger partial charge in [-0.1, -0.05) is 12.1 Å². The Bertz CT molecular complexity index is 920. The Kier molecular flexibility index (Phi) is 4.20. The molecule has 0 saturated heterocycles. The second-order valence-corrected chi connectivity index (χ2v) is 5.16. The quantitative estimate of drug-likeness (QED) is 0.747. The zero-order valence-electron chi connectivity index (χ0n) is 13.2. The van der Waals surface area contributed by atoms with Gasteiger partial charge in [-0.05, 0) is 43.3 Å². The number of ether oxygens (including phenoxy) is 1. The van der Waals surface area contributed by atoms with Crippen molar-refractivity contribution in [2.75, 3.05) is 12.4 Å². The number of carbonyl (C=O) groups is 2. The molecule has 1 heterocycles. The number of ketones is 1. The molecular formula is C18H15N3O3. The highest BCUT2D eigenvalue weighted by molar-refractivity contribution is 6.05. The molecule has 0 spiro atoms. The zero-order valence-corrected chi connectivity index (χ0v) is 13.2. The molecule has 3 aromatic rings. The largest absolute Gasteiger partial charge is 0.479 e. The maximum absolute atomic E-state index is 12.5. The third-order valence-electron chi connectivity index (χ3n) is 3.50. The van der Waals surface area contributed by atoms with Crippen molar-refractivity contribution in [2.45, 2.75) is 6.92 Å². The van der Waals surface area contributed by atoms with Gasteiger partial charge in [0, 0.05) is 11.3 Å². The standard InChI is InChI=1S/C18H15N3O3/c1-11(22)12-7-9-13(10-8-12)19-17(23)16-18(24-2)21-15-6-4-3-5-14(15)20-16/h3-10H,1-2H3,(H,19,23). The lowest BCUT2D eigenvalue weighted by molar-refractivity contribution is 0.101. The second kappa shape index (κ2) is 6.45. The second-order valence-electron chi connectivity index (χ2n) is 5.16. The van der Waals surface area contributed by atoms with E-state index in [2.05, 4.69) is 15.3 Å². The summed E-state index contributed by atoms with van der Waals surface area (Å²) < 4.78 is 5.18. The van der Waals surface area contributed by atoms with Gasteiger partial charge < -0.3 is 10.1 Å². The van der Waals surface area contributed by atoms with Gasteiger partial charge in [0.15, 0.2) is 11.5 Å². The van der Waals surface area contributed by atoms with Crippen LogP contribution >= 0.6 is 0 Å². The van der Waals surface area contributed by atoms with Crippen LogP contribution in [0.25, 0.3) is 11.0 Å². The Morgan fingerprint density at radius 3 is 2.17 bits per heavy atom. The average Bonchev–Trinajstić information content (AvgIpc) is 2.61. The molecule has 6 heteroatoms. The summed E-state index contributed by atoms with van der Waals surface area (Å²) in [7, 11) is 1.44. The summed E-state index contributed by atoms with van der Waals surface area (Å²) in [4.78, 5) is 32.4. The lowest BCUT2D eigenvalue weighted by atomic mass is 10.1. The fourth-order valence-electron chi connectivity index (χ4n) is 2.25. The van der Waals surface area contributed by atoms with E-state index in [1.165, 1.54) is 14.0 Å². The number of hydrogen-bond acceptors (Lipinski definition) is 5. The van der Waals surface area contributed by atoms with Crippen molar-refractivity contribution in [3.63, 3.8) is 0 Å². The minimum atomic E-state index is -0.430. The van der Waals surface area contributed by atoms with Crippen LogP contribution in [0.2, 0.25) is 0 Å². The number of nitrogens with one attached hydrogen (secondary N) is 1. The molecule has 0 aliphatic rings. The predicted molar refractivity (Wildman–Crippen MR) is 90.5 cm³/mol. The van der Waals surface area contributed by atoms with E-state index in [0.717, 1.165) is 0 Å². The van der Waals surface area contributed by atoms with Gasteiger partial charge in [0.1, 0.15) is 0 Å². The highest BCUT2D eigenvalue weighted by Crippen LogP contribution is 2.20. The van der Waals surface area contributed by atoms with Gasteiger partial charge in [-0.25, -0.2) is 9.97 Å². The number of aromatic nitrogens is 2. The maximum Gasteiger partial charge on any atom is 0.279 e. The molecule has 0 aliphatic carbocycles. The molecule has 120 valence electrons. The van der Waals surface area contributed by atoms with E-state index in [1.807, 2.05) is 12.1 Å². The summed E-state index contributed by atoms with van der Waals surface area (Å²) in [5, 5.41) is 2.73. The third-order valence-corrected chi connectivity index (χ3v) is 3.50. The van der Waals surface area contributed by atoms with Crippen molar-refractivity contribution in [2.24, 2.45) is 0 Å². The number of benzene rings is 2. The van der Waals surface area contributed by atoms with Gasteiger partial charge >= 0.3 is 0 Å². The molecule has 0 saturated carbocycles. The van der Waals surface area contributed by atoms with Gasteiger partial charge in [-0.2, -0.15) is 0 Å². The molecule has 0 bridgehead atoms. The van der Waals surface area contributed by atoms with E-state index in [9.17, 15) is 9.59 Å². The third kappa shape index (κ3) is 3.08. The maximum atomic E-state index is 12.5. The molecule has 24 heavy (non-hydrogen) atoms. The van der Waals surface area contributed by atoms with E-state index in [-0.39, 0.29) is 17.4 Å². The van der Waals surface area contributed by atoms with Crippen LogP contribution in [-0.2, 0) is 0 Å². The molecule has 6 nitrogen and oxygen atoms in total. The summed E-state index contributed by atoms with van der Waals surface area (Å²) in [6.45, 7) is 1.49. The first-order valence-electron chi connectivity index (χ1n) is 7.31. The Morgan fingerprint density at radius 1 is 0.958 bits per heavy atom. The minimum absolute atomic E-state index is 0.0325. The van der Waals surface area contributed by atoms with Gasteiger partial charge in [0.05, 0.1) is 18.1 Å². The van der Waals surface area contributed by atoms with E-state index in [1.54, 1.807) is 36.4 Å². The molecule has 1 amide bonds. The van der Waals surface area contributed by atoms with Gasteiger partial charge in [-0.15, -0.1) is 0 Å². The van der Waals surface area contributed by atoms with Crippen molar-refractivity contribution >= 4 is 28.4 Å². The molecule has 3 rings (SSSR count). The summed E-state index contributed by atoms with van der Waals surface area (Å²) in [5.41, 5.74) is 2.50. The van der Waals surface area contributed by atoms with E-state index < -0.39 is 5.91 Å². The van der Waals surface area contributed by atoms with Crippen LogP contribution in [0.15, 0.2) is 48.5 Å². The van der Waals surface area contributed by atoms with Crippen LogP contribution in [0.1, 0.15) is 27.8 Å². The number of nitrogens with zero attached hydrogens (tertiary/aromatic N) is 2. The lowest BCUT2D eigenvalue weighted by Crippen LogP contribution is -2.16. The van der Waals surface area contributed by atoms with E-state index in [0.29, 0.717) is 22.3 Å². The zero-order chi connectivity index (χ0) is 17.1. The number of hydrogen-bond donors (Lipinski definition) is 1. The molecule has 0 aliphatic heterocycles. The number of rotatable bonds is 4. The van der Waals surface area contributed by atoms with E-state index >= 15 is 0 Å². The highest BCUT2D eigenvalue weighted by atomic mass is 16.5. The Labute approximate surface area is 138 Å². The molecule has 0 unspecified atom stereocenters. The van der Waals surface area contributed by atoms with Crippen LogP contribution in [-0.4, -0.2) is 28.8 Å². The van der Waals surface area contributed by atoms with Crippen molar-refractivity contribution in [3.05, 3.63) is 59.8 Å². The first kappa shape index (κ1) is 15.6. The van der Waals surface area contributed by atoms with Crippen molar-refractivity contribution in [1.29, 1.82) is 0 Å². The van der Waals surface area contributed by atoms with Crippen LogP contribution in [0, 0.1) is 0 Å². The molecule has 0 radical (unpaired) electrons. The topological polar surface area (TPSA) is 81.2 Å². The number of carbonyl (C=O) groups excluding carboxylic acids is 2. The molecule has 0 atom stereocenters. The normalized spacial score (nSPS) is 10.4. The van der Waals surface area contributed by atoms with Gasteiger partial charge in [0.2, 0.25) is 5.88 Å². The first-order chi connectivity index (χ1) is 11.6. The number of fused-ring (bicyclic) bond motifs is 1. The Hall–Kier alpha value is -3.28. The molecule has 2 aromatic carbocycles. The van der Waals surface area contributed by atoms with E-state index in [4.69, 9.17) is 4.74 Å². The van der Waals surface area contributed by atoms with Crippen molar-refractivity contribution in [3.8, 4) is 5.88 Å². The number of para-hydroxylation sites is 2. The van der Waals surface area contributed by atoms with Crippen LogP contribution < -0.4 is 10.1 Å². The van der Waals surface area contributed by atoms with Crippen LogP contribution in [0.3, 0.4) is 0 Å². The highest BCUT2D eigenvalue weighted by Gasteiger charge is 2.17. The SMILES string of the molecule is COc1nc2ccccc2nc1C(=O)Nc1ccc(C(C)=O)cc1. The smallest absolute Gasteiger partial charge is 0.279 e. The monoisotopic (exact) mass is 321 g/mol. The van der Waals surface area contributed by atoms with Crippen molar-refractivity contribution in [1.82, 2.24) is 9.97 Å². The Balaban J connectivity index is 1.91.